The highest BCUT2D eigenvalue weighted by Crippen LogP contribution is 2.22. The lowest BCUT2D eigenvalue weighted by molar-refractivity contribution is -0.157. The predicted molar refractivity (Wildman–Crippen MR) is 147 cm³/mol. The molecule has 0 aliphatic rings. The molecule has 3 aromatic rings. The van der Waals surface area contributed by atoms with Crippen molar-refractivity contribution in [2.75, 3.05) is 13.1 Å². The topological polar surface area (TPSA) is 106 Å². The third-order valence-corrected chi connectivity index (χ3v) is 6.70. The summed E-state index contributed by atoms with van der Waals surface area (Å²) in [5.41, 5.74) is 1.26. The van der Waals surface area contributed by atoms with Crippen LogP contribution in [0, 0.1) is 11.8 Å². The molecular formula is C28H38ClNO6S. The molecule has 0 aliphatic heterocycles. The quantitative estimate of drug-likeness (QED) is 0.251. The number of halogens is 1. The van der Waals surface area contributed by atoms with Gasteiger partial charge >= 0.3 is 5.97 Å². The van der Waals surface area contributed by atoms with Crippen molar-refractivity contribution in [3.8, 4) is 0 Å². The van der Waals surface area contributed by atoms with E-state index in [2.05, 4.69) is 19.2 Å². The zero-order valence-electron chi connectivity index (χ0n) is 22.1. The molecule has 1 aromatic heterocycles. The highest BCUT2D eigenvalue weighted by molar-refractivity contribution is 8.13. The van der Waals surface area contributed by atoms with Gasteiger partial charge in [0.05, 0.1) is 23.7 Å². The number of rotatable bonds is 10. The zero-order chi connectivity index (χ0) is 27.6. The minimum Gasteiger partial charge on any atom is -0.464 e. The lowest BCUT2D eigenvalue weighted by atomic mass is 9.90. The maximum atomic E-state index is 12.2. The van der Waals surface area contributed by atoms with Gasteiger partial charge in [-0.3, -0.25) is 4.79 Å². The maximum absolute atomic E-state index is 12.2. The molecule has 2 atom stereocenters. The molecule has 0 amide bonds. The fraction of sp³-hybridized carbons (Fsp3) is 0.464. The number of carbonyl (C=O) groups excluding carboxylic acids is 1. The van der Waals surface area contributed by atoms with Crippen LogP contribution >= 0.6 is 10.7 Å². The first-order valence-electron chi connectivity index (χ1n) is 12.3. The van der Waals surface area contributed by atoms with Crippen molar-refractivity contribution in [3.05, 3.63) is 66.4 Å². The monoisotopic (exact) mass is 551 g/mol. The van der Waals surface area contributed by atoms with Crippen molar-refractivity contribution in [2.24, 2.45) is 11.8 Å². The van der Waals surface area contributed by atoms with Gasteiger partial charge in [-0.05, 0) is 69.5 Å². The van der Waals surface area contributed by atoms with Crippen LogP contribution in [0.4, 0.5) is 0 Å². The molecule has 3 rings (SSSR count). The molecule has 1 heterocycles. The van der Waals surface area contributed by atoms with Crippen LogP contribution in [0.5, 0.6) is 0 Å². The smallest absolute Gasteiger partial charge is 0.306 e. The predicted octanol–water partition coefficient (Wildman–Crippen LogP) is 5.54. The summed E-state index contributed by atoms with van der Waals surface area (Å²) in [6.45, 7) is 11.2. The molecule has 9 heteroatoms. The van der Waals surface area contributed by atoms with E-state index < -0.39 is 20.8 Å². The average molecular weight is 552 g/mol. The number of fused-ring (bicyclic) bond motifs is 1. The van der Waals surface area contributed by atoms with Crippen LogP contribution in [0.25, 0.3) is 11.0 Å². The van der Waals surface area contributed by atoms with Gasteiger partial charge in [0.1, 0.15) is 11.2 Å². The molecule has 0 fully saturated rings. The number of aliphatic hydroxyl groups is 1. The first-order chi connectivity index (χ1) is 17.2. The fourth-order valence-corrected chi connectivity index (χ4v) is 4.43. The van der Waals surface area contributed by atoms with Crippen molar-refractivity contribution in [1.29, 1.82) is 0 Å². The Morgan fingerprint density at radius 1 is 1.08 bits per heavy atom. The third kappa shape index (κ3) is 11.7. The van der Waals surface area contributed by atoms with Gasteiger partial charge < -0.3 is 19.6 Å². The van der Waals surface area contributed by atoms with E-state index in [-0.39, 0.29) is 23.2 Å². The van der Waals surface area contributed by atoms with Crippen molar-refractivity contribution >= 4 is 36.7 Å². The number of hydrogen-bond donors (Lipinski definition) is 2. The molecule has 0 unspecified atom stereocenters. The van der Waals surface area contributed by atoms with Gasteiger partial charge in [-0.2, -0.15) is 0 Å². The molecule has 0 aliphatic carbocycles. The second-order valence-electron chi connectivity index (χ2n) is 10.4. The Morgan fingerprint density at radius 2 is 1.76 bits per heavy atom. The number of hydrogen-bond acceptors (Lipinski definition) is 7. The van der Waals surface area contributed by atoms with Gasteiger partial charge in [-0.15, -0.1) is 0 Å². The number of ether oxygens (including phenoxy) is 1. The Labute approximate surface area is 224 Å². The van der Waals surface area contributed by atoms with Crippen LogP contribution in [0.2, 0.25) is 0 Å². The summed E-state index contributed by atoms with van der Waals surface area (Å²) in [5, 5.41) is 14.6. The summed E-state index contributed by atoms with van der Waals surface area (Å²) >= 11 is 0. The first kappa shape index (κ1) is 30.8. The van der Waals surface area contributed by atoms with Gasteiger partial charge in [0, 0.05) is 28.5 Å². The van der Waals surface area contributed by atoms with Crippen LogP contribution in [-0.4, -0.2) is 44.3 Å². The summed E-state index contributed by atoms with van der Waals surface area (Å²) in [7, 11) is 1.53. The largest absolute Gasteiger partial charge is 0.464 e. The molecule has 204 valence electrons. The summed E-state index contributed by atoms with van der Waals surface area (Å²) < 4.78 is 32.3. The molecule has 37 heavy (non-hydrogen) atoms. The lowest BCUT2D eigenvalue weighted by Crippen LogP contribution is -2.37. The highest BCUT2D eigenvalue weighted by Gasteiger charge is 2.26. The van der Waals surface area contributed by atoms with Crippen molar-refractivity contribution in [3.63, 3.8) is 0 Å². The first-order valence-corrected chi connectivity index (χ1v) is 14.6. The highest BCUT2D eigenvalue weighted by atomic mass is 35.7. The Kier molecular flexibility index (Phi) is 11.6. The third-order valence-electron chi connectivity index (χ3n) is 5.35. The molecule has 0 bridgehead atoms. The standard InChI is InChI=1S/C20H33NO3.C8H5ClO3S/c1-15(2)13-21-14-18(22)17(11-16-9-7-6-8-10-16)12-19(23)24-20(3,4)5;9-13(10,11)7-1-2-8-6(5-7)3-4-12-8/h6-10,15,17-18,21-22H,11-14H2,1-5H3;1-5H/t17-,18-;/m1./s1. The van der Waals surface area contributed by atoms with Gasteiger partial charge in [0.2, 0.25) is 0 Å². The summed E-state index contributed by atoms with van der Waals surface area (Å²) in [5.74, 6) is 0.101. The number of furan rings is 1. The minimum absolute atomic E-state index is 0.0862. The average Bonchev–Trinajstić information content (AvgIpc) is 3.26. The van der Waals surface area contributed by atoms with E-state index in [1.807, 2.05) is 51.1 Å². The van der Waals surface area contributed by atoms with E-state index in [4.69, 9.17) is 19.8 Å². The number of aliphatic hydroxyl groups excluding tert-OH is 1. The maximum Gasteiger partial charge on any atom is 0.306 e. The molecule has 0 spiro atoms. The fourth-order valence-electron chi connectivity index (χ4n) is 3.64. The van der Waals surface area contributed by atoms with Gasteiger partial charge in [-0.1, -0.05) is 44.2 Å². The van der Waals surface area contributed by atoms with Crippen LogP contribution in [0.3, 0.4) is 0 Å². The van der Waals surface area contributed by atoms with Crippen LogP contribution < -0.4 is 5.32 Å². The zero-order valence-corrected chi connectivity index (χ0v) is 23.7. The van der Waals surface area contributed by atoms with Gasteiger partial charge in [0.15, 0.2) is 0 Å². The van der Waals surface area contributed by atoms with E-state index in [1.54, 1.807) is 12.1 Å². The van der Waals surface area contributed by atoms with Crippen molar-refractivity contribution < 1.29 is 27.5 Å². The van der Waals surface area contributed by atoms with E-state index in [0.29, 0.717) is 24.5 Å². The van der Waals surface area contributed by atoms with Crippen molar-refractivity contribution in [1.82, 2.24) is 5.32 Å². The van der Waals surface area contributed by atoms with Crippen LogP contribution in [0.15, 0.2) is 70.2 Å². The molecule has 0 saturated carbocycles. The second kappa shape index (κ2) is 14.0. The van der Waals surface area contributed by atoms with E-state index in [9.17, 15) is 18.3 Å². The molecule has 2 N–H and O–H groups in total. The minimum atomic E-state index is -3.64. The van der Waals surface area contributed by atoms with Crippen molar-refractivity contribution in [2.45, 2.75) is 64.1 Å². The summed E-state index contributed by atoms with van der Waals surface area (Å²) in [6, 6.07) is 16.1. The van der Waals surface area contributed by atoms with E-state index in [0.717, 1.165) is 17.5 Å². The SMILES string of the molecule is CC(C)CNC[C@@H](O)[C@@H](CC(=O)OC(C)(C)C)Cc1ccccc1.O=S(=O)(Cl)c1ccc2occc2c1. The summed E-state index contributed by atoms with van der Waals surface area (Å²) in [4.78, 5) is 12.3. The normalized spacial score (nSPS) is 13.6. The molecular weight excluding hydrogens is 514 g/mol. The molecule has 0 saturated heterocycles. The number of benzene rings is 2. The lowest BCUT2D eigenvalue weighted by Gasteiger charge is -2.26. The van der Waals surface area contributed by atoms with E-state index in [1.165, 1.54) is 18.4 Å². The Balaban J connectivity index is 0.000000308. The molecule has 2 aromatic carbocycles. The number of esters is 1. The number of carbonyl (C=O) groups is 1. The van der Waals surface area contributed by atoms with Gasteiger partial charge in [-0.25, -0.2) is 8.42 Å². The van der Waals surface area contributed by atoms with Crippen LogP contribution in [0.1, 0.15) is 46.6 Å². The summed E-state index contributed by atoms with van der Waals surface area (Å²) in [6.07, 6.45) is 1.79. The Hall–Kier alpha value is -2.39. The Morgan fingerprint density at radius 3 is 2.35 bits per heavy atom. The number of nitrogens with one attached hydrogen (secondary N) is 1. The molecule has 0 radical (unpaired) electrons. The van der Waals surface area contributed by atoms with E-state index >= 15 is 0 Å². The second-order valence-corrected chi connectivity index (χ2v) is 13.0. The Bertz CT molecular complexity index is 1220. The van der Waals surface area contributed by atoms with Crippen LogP contribution in [-0.2, 0) is 25.0 Å². The van der Waals surface area contributed by atoms with Gasteiger partial charge in [0.25, 0.3) is 9.05 Å². The molecule has 7 nitrogen and oxygen atoms in total.